The summed E-state index contributed by atoms with van der Waals surface area (Å²) in [5, 5.41) is 6.68. The molecule has 1 aromatic rings. The summed E-state index contributed by atoms with van der Waals surface area (Å²) in [6.07, 6.45) is 4.56. The molecule has 0 spiro atoms. The highest BCUT2D eigenvalue weighted by molar-refractivity contribution is 14.0. The van der Waals surface area contributed by atoms with Gasteiger partial charge in [-0.05, 0) is 36.0 Å². The molecule has 2 N–H and O–H groups in total. The summed E-state index contributed by atoms with van der Waals surface area (Å²) in [5.74, 6) is 2.08. The number of thioether (sulfide) groups is 1. The molecule has 1 rings (SSSR count). The van der Waals surface area contributed by atoms with Gasteiger partial charge in [-0.1, -0.05) is 24.3 Å². The summed E-state index contributed by atoms with van der Waals surface area (Å²) < 4.78 is 5.16. The average Bonchev–Trinajstić information content (AvgIpc) is 2.51. The third kappa shape index (κ3) is 9.53. The number of hydrogen-bond donors (Lipinski definition) is 2. The van der Waals surface area contributed by atoms with Crippen LogP contribution in [0.3, 0.4) is 0 Å². The molecule has 0 unspecified atom stereocenters. The number of hydrogen-bond acceptors (Lipinski definition) is 3. The Bertz CT molecular complexity index is 430. The number of nitrogens with one attached hydrogen (secondary N) is 2. The molecular formula is C16H28IN3OS. The van der Waals surface area contributed by atoms with E-state index in [1.807, 2.05) is 11.8 Å². The molecule has 0 heterocycles. The quantitative estimate of drug-likeness (QED) is 0.270. The number of guanidine groups is 1. The first kappa shape index (κ1) is 21.5. The van der Waals surface area contributed by atoms with Crippen LogP contribution in [0.1, 0.15) is 24.0 Å². The summed E-state index contributed by atoms with van der Waals surface area (Å²) in [5.41, 5.74) is 2.42. The van der Waals surface area contributed by atoms with Crippen LogP contribution in [0, 0.1) is 0 Å². The monoisotopic (exact) mass is 437 g/mol. The smallest absolute Gasteiger partial charge is 0.191 e. The Morgan fingerprint density at radius 1 is 1.23 bits per heavy atom. The molecule has 0 saturated heterocycles. The number of halogens is 1. The van der Waals surface area contributed by atoms with Gasteiger partial charge < -0.3 is 15.4 Å². The molecule has 0 radical (unpaired) electrons. The number of ether oxygens (including phenoxy) is 1. The van der Waals surface area contributed by atoms with Crippen LogP contribution in [0.4, 0.5) is 0 Å². The molecular weight excluding hydrogens is 409 g/mol. The average molecular weight is 437 g/mol. The SMILES string of the molecule is CN=C(NCCCCSC)NCc1cccc(COC)c1.I. The maximum Gasteiger partial charge on any atom is 0.191 e. The number of unbranched alkanes of at least 4 members (excludes halogenated alkanes) is 1. The molecule has 0 aliphatic rings. The zero-order valence-corrected chi connectivity index (χ0v) is 16.9. The maximum atomic E-state index is 5.16. The molecule has 4 nitrogen and oxygen atoms in total. The van der Waals surface area contributed by atoms with Crippen molar-refractivity contribution in [3.8, 4) is 0 Å². The van der Waals surface area contributed by atoms with Crippen LogP contribution in [-0.4, -0.2) is 38.7 Å². The van der Waals surface area contributed by atoms with Gasteiger partial charge in [0.1, 0.15) is 0 Å². The van der Waals surface area contributed by atoms with Crippen molar-refractivity contribution >= 4 is 41.7 Å². The van der Waals surface area contributed by atoms with E-state index in [-0.39, 0.29) is 24.0 Å². The fourth-order valence-electron chi connectivity index (χ4n) is 1.98. The van der Waals surface area contributed by atoms with Crippen LogP contribution in [-0.2, 0) is 17.9 Å². The minimum absolute atomic E-state index is 0. The lowest BCUT2D eigenvalue weighted by Gasteiger charge is -2.12. The van der Waals surface area contributed by atoms with Gasteiger partial charge in [-0.15, -0.1) is 24.0 Å². The Balaban J connectivity index is 0.00000441. The fourth-order valence-corrected chi connectivity index (χ4v) is 2.47. The minimum Gasteiger partial charge on any atom is -0.380 e. The normalized spacial score (nSPS) is 11.0. The van der Waals surface area contributed by atoms with E-state index in [1.54, 1.807) is 14.2 Å². The van der Waals surface area contributed by atoms with E-state index in [2.05, 4.69) is 46.1 Å². The van der Waals surface area contributed by atoms with Crippen molar-refractivity contribution in [2.24, 2.45) is 4.99 Å². The predicted octanol–water partition coefficient (Wildman–Crippen LogP) is 3.26. The van der Waals surface area contributed by atoms with Crippen LogP contribution < -0.4 is 10.6 Å². The second-order valence-electron chi connectivity index (χ2n) is 4.81. The molecule has 0 aliphatic carbocycles. The van der Waals surface area contributed by atoms with Gasteiger partial charge in [-0.25, -0.2) is 0 Å². The summed E-state index contributed by atoms with van der Waals surface area (Å²) in [6.45, 7) is 2.38. The molecule has 22 heavy (non-hydrogen) atoms. The summed E-state index contributed by atoms with van der Waals surface area (Å²) >= 11 is 1.90. The van der Waals surface area contributed by atoms with Crippen LogP contribution in [0.25, 0.3) is 0 Å². The summed E-state index contributed by atoms with van der Waals surface area (Å²) in [6, 6.07) is 8.40. The van der Waals surface area contributed by atoms with Crippen molar-refractivity contribution in [2.45, 2.75) is 26.0 Å². The minimum atomic E-state index is 0. The number of methoxy groups -OCH3 is 1. The maximum absolute atomic E-state index is 5.16. The van der Waals surface area contributed by atoms with Crippen molar-refractivity contribution in [3.63, 3.8) is 0 Å². The third-order valence-corrected chi connectivity index (χ3v) is 3.75. The van der Waals surface area contributed by atoms with Gasteiger partial charge in [0.05, 0.1) is 6.61 Å². The molecule has 1 aromatic carbocycles. The Hall–Kier alpha value is -0.470. The molecule has 0 aromatic heterocycles. The second kappa shape index (κ2) is 14.1. The Morgan fingerprint density at radius 3 is 2.68 bits per heavy atom. The third-order valence-electron chi connectivity index (χ3n) is 3.05. The van der Waals surface area contributed by atoms with Crippen molar-refractivity contribution in [1.29, 1.82) is 0 Å². The second-order valence-corrected chi connectivity index (χ2v) is 5.79. The molecule has 0 atom stereocenters. The fraction of sp³-hybridized carbons (Fsp3) is 0.562. The number of aliphatic imine (C=N–C) groups is 1. The van der Waals surface area contributed by atoms with E-state index >= 15 is 0 Å². The highest BCUT2D eigenvalue weighted by Crippen LogP contribution is 2.06. The number of rotatable bonds is 9. The van der Waals surface area contributed by atoms with E-state index in [4.69, 9.17) is 4.74 Å². The highest BCUT2D eigenvalue weighted by atomic mass is 127. The first-order chi connectivity index (χ1) is 10.3. The Morgan fingerprint density at radius 2 is 2.00 bits per heavy atom. The van der Waals surface area contributed by atoms with Gasteiger partial charge in [-0.3, -0.25) is 4.99 Å². The van der Waals surface area contributed by atoms with Gasteiger partial charge in [0.15, 0.2) is 5.96 Å². The topological polar surface area (TPSA) is 45.7 Å². The van der Waals surface area contributed by atoms with Gasteiger partial charge in [0, 0.05) is 27.2 Å². The van der Waals surface area contributed by atoms with Gasteiger partial charge in [-0.2, -0.15) is 11.8 Å². The first-order valence-corrected chi connectivity index (χ1v) is 8.69. The van der Waals surface area contributed by atoms with Gasteiger partial charge in [0.2, 0.25) is 0 Å². The number of benzene rings is 1. The first-order valence-electron chi connectivity index (χ1n) is 7.30. The van der Waals surface area contributed by atoms with E-state index in [9.17, 15) is 0 Å². The zero-order chi connectivity index (χ0) is 15.3. The van der Waals surface area contributed by atoms with Crippen LogP contribution in [0.5, 0.6) is 0 Å². The standard InChI is InChI=1S/C16H27N3OS.HI/c1-17-16(18-9-4-5-10-21-3)19-12-14-7-6-8-15(11-14)13-20-2;/h6-8,11H,4-5,9-10,12-13H2,1-3H3,(H2,17,18,19);1H. The Labute approximate surface area is 155 Å². The summed E-state index contributed by atoms with van der Waals surface area (Å²) in [7, 11) is 3.52. The molecule has 0 saturated carbocycles. The van der Waals surface area contributed by atoms with Gasteiger partial charge >= 0.3 is 0 Å². The van der Waals surface area contributed by atoms with Crippen LogP contribution >= 0.6 is 35.7 Å². The molecule has 0 fully saturated rings. The highest BCUT2D eigenvalue weighted by Gasteiger charge is 1.99. The molecule has 6 heteroatoms. The zero-order valence-electron chi connectivity index (χ0n) is 13.7. The summed E-state index contributed by atoms with van der Waals surface area (Å²) in [4.78, 5) is 4.24. The lowest BCUT2D eigenvalue weighted by molar-refractivity contribution is 0.185. The predicted molar refractivity (Wildman–Crippen MR) is 108 cm³/mol. The lowest BCUT2D eigenvalue weighted by atomic mass is 10.1. The van der Waals surface area contributed by atoms with E-state index in [0.717, 1.165) is 19.0 Å². The molecule has 126 valence electrons. The Kier molecular flexibility index (Phi) is 13.8. The molecule has 0 aliphatic heterocycles. The van der Waals surface area contributed by atoms with Crippen LogP contribution in [0.2, 0.25) is 0 Å². The molecule has 0 bridgehead atoms. The van der Waals surface area contributed by atoms with Crippen molar-refractivity contribution in [1.82, 2.24) is 10.6 Å². The lowest BCUT2D eigenvalue weighted by Crippen LogP contribution is -2.37. The van der Waals surface area contributed by atoms with E-state index in [1.165, 1.54) is 29.7 Å². The number of nitrogens with zero attached hydrogens (tertiary/aromatic N) is 1. The van der Waals surface area contributed by atoms with E-state index < -0.39 is 0 Å². The van der Waals surface area contributed by atoms with Gasteiger partial charge in [0.25, 0.3) is 0 Å². The van der Waals surface area contributed by atoms with Crippen LogP contribution in [0.15, 0.2) is 29.3 Å². The van der Waals surface area contributed by atoms with Crippen molar-refractivity contribution in [2.75, 3.05) is 32.7 Å². The van der Waals surface area contributed by atoms with E-state index in [0.29, 0.717) is 6.61 Å². The molecule has 0 amide bonds. The van der Waals surface area contributed by atoms with Crippen molar-refractivity contribution < 1.29 is 4.74 Å². The van der Waals surface area contributed by atoms with Crippen molar-refractivity contribution in [3.05, 3.63) is 35.4 Å². The largest absolute Gasteiger partial charge is 0.380 e.